The van der Waals surface area contributed by atoms with Gasteiger partial charge in [0.15, 0.2) is 0 Å². The van der Waals surface area contributed by atoms with Crippen molar-refractivity contribution in [2.45, 2.75) is 110 Å². The molecule has 0 spiro atoms. The Balaban J connectivity index is 1.74. The van der Waals surface area contributed by atoms with Crippen LogP contribution < -0.4 is 0 Å². The maximum absolute atomic E-state index is 10.9. The Morgan fingerprint density at radius 2 is 1.06 bits per heavy atom. The van der Waals surface area contributed by atoms with E-state index in [0.29, 0.717) is 0 Å². The molecule has 0 radical (unpaired) electrons. The van der Waals surface area contributed by atoms with Gasteiger partial charge in [-0.15, -0.1) is 0 Å². The van der Waals surface area contributed by atoms with Crippen molar-refractivity contribution >= 4 is 0 Å². The van der Waals surface area contributed by atoms with Crippen LogP contribution in [0.2, 0.25) is 0 Å². The minimum atomic E-state index is -0.276. The van der Waals surface area contributed by atoms with E-state index < -0.39 is 0 Å². The maximum atomic E-state index is 10.9. The fourth-order valence-corrected chi connectivity index (χ4v) is 4.31. The van der Waals surface area contributed by atoms with Crippen molar-refractivity contribution in [2.24, 2.45) is 0 Å². The van der Waals surface area contributed by atoms with Crippen LogP contribution in [0.25, 0.3) is 0 Å². The van der Waals surface area contributed by atoms with E-state index in [9.17, 15) is 5.11 Å². The van der Waals surface area contributed by atoms with Gasteiger partial charge in [0.05, 0.1) is 6.10 Å². The molecule has 2 rings (SSSR count). The molecule has 0 bridgehead atoms. The summed E-state index contributed by atoms with van der Waals surface area (Å²) in [7, 11) is 0. The molecule has 0 amide bonds. The van der Waals surface area contributed by atoms with Crippen LogP contribution in [0.15, 0.2) is 60.7 Å². The lowest BCUT2D eigenvalue weighted by Crippen LogP contribution is -2.40. The second kappa shape index (κ2) is 16.1. The molecular formula is C29H45NO. The summed E-state index contributed by atoms with van der Waals surface area (Å²) in [5.74, 6) is 0. The zero-order valence-corrected chi connectivity index (χ0v) is 20.0. The summed E-state index contributed by atoms with van der Waals surface area (Å²) >= 11 is 0. The average Bonchev–Trinajstić information content (AvgIpc) is 2.80. The van der Waals surface area contributed by atoms with Gasteiger partial charge in [-0.1, -0.05) is 132 Å². The largest absolute Gasteiger partial charge is 0.392 e. The van der Waals surface area contributed by atoms with Crippen LogP contribution >= 0.6 is 0 Å². The molecule has 0 saturated heterocycles. The van der Waals surface area contributed by atoms with E-state index in [2.05, 4.69) is 79.4 Å². The van der Waals surface area contributed by atoms with E-state index in [4.69, 9.17) is 0 Å². The van der Waals surface area contributed by atoms with Gasteiger partial charge in [0.1, 0.15) is 0 Å². The predicted octanol–water partition coefficient (Wildman–Crippen LogP) is 7.75. The third-order valence-electron chi connectivity index (χ3n) is 6.44. The number of benzene rings is 2. The lowest BCUT2D eigenvalue weighted by Gasteiger charge is -2.32. The zero-order valence-electron chi connectivity index (χ0n) is 20.0. The van der Waals surface area contributed by atoms with Gasteiger partial charge in [0.2, 0.25) is 0 Å². The number of hydrogen-bond acceptors (Lipinski definition) is 2. The Morgan fingerprint density at radius 1 is 0.645 bits per heavy atom. The Bertz CT molecular complexity index is 615. The lowest BCUT2D eigenvalue weighted by molar-refractivity contribution is 0.0421. The fourth-order valence-electron chi connectivity index (χ4n) is 4.31. The summed E-state index contributed by atoms with van der Waals surface area (Å²) in [6.07, 6.45) is 14.0. The third kappa shape index (κ3) is 11.0. The Hall–Kier alpha value is -1.64. The van der Waals surface area contributed by atoms with Crippen LogP contribution in [0.4, 0.5) is 0 Å². The van der Waals surface area contributed by atoms with Crippen molar-refractivity contribution in [2.75, 3.05) is 0 Å². The standard InChI is InChI=1S/C29H45NO/c1-3-4-5-6-7-8-9-10-11-18-23-29(31)26(2)30(24-27-19-14-12-15-20-27)25-28-21-16-13-17-22-28/h12-17,19-22,26,29,31H,3-11,18,23-25H2,1-2H3/t26-,29+/m0/s1. The summed E-state index contributed by atoms with van der Waals surface area (Å²) in [6.45, 7) is 6.20. The summed E-state index contributed by atoms with van der Waals surface area (Å²) in [6, 6.07) is 21.4. The van der Waals surface area contributed by atoms with Gasteiger partial charge in [-0.3, -0.25) is 4.90 Å². The van der Waals surface area contributed by atoms with E-state index in [0.717, 1.165) is 25.9 Å². The molecule has 0 heterocycles. The summed E-state index contributed by atoms with van der Waals surface area (Å²) in [5.41, 5.74) is 2.60. The first kappa shape index (κ1) is 25.6. The highest BCUT2D eigenvalue weighted by Crippen LogP contribution is 2.19. The van der Waals surface area contributed by atoms with Gasteiger partial charge in [0, 0.05) is 19.1 Å². The minimum Gasteiger partial charge on any atom is -0.392 e. The fraction of sp³-hybridized carbons (Fsp3) is 0.586. The normalized spacial score (nSPS) is 13.4. The summed E-state index contributed by atoms with van der Waals surface area (Å²) < 4.78 is 0. The number of aliphatic hydroxyl groups is 1. The van der Waals surface area contributed by atoms with Gasteiger partial charge in [-0.05, 0) is 24.5 Å². The summed E-state index contributed by atoms with van der Waals surface area (Å²) in [4.78, 5) is 2.42. The SMILES string of the molecule is CCCCCCCCCCCC[C@@H](O)[C@H](C)N(Cc1ccccc1)Cc1ccccc1. The van der Waals surface area contributed by atoms with Crippen LogP contribution in [-0.4, -0.2) is 22.2 Å². The first-order valence-electron chi connectivity index (χ1n) is 12.7. The topological polar surface area (TPSA) is 23.5 Å². The Labute approximate surface area is 191 Å². The van der Waals surface area contributed by atoms with Crippen LogP contribution in [-0.2, 0) is 13.1 Å². The van der Waals surface area contributed by atoms with Crippen LogP contribution in [0, 0.1) is 0 Å². The molecule has 2 aromatic carbocycles. The van der Waals surface area contributed by atoms with Crippen molar-refractivity contribution in [3.05, 3.63) is 71.8 Å². The molecule has 0 saturated carbocycles. The first-order chi connectivity index (χ1) is 15.2. The van der Waals surface area contributed by atoms with Crippen LogP contribution in [0.1, 0.15) is 95.6 Å². The molecular weight excluding hydrogens is 378 g/mol. The highest BCUT2D eigenvalue weighted by molar-refractivity contribution is 5.17. The number of aliphatic hydroxyl groups excluding tert-OH is 1. The first-order valence-corrected chi connectivity index (χ1v) is 12.7. The van der Waals surface area contributed by atoms with Crippen molar-refractivity contribution in [3.8, 4) is 0 Å². The highest BCUT2D eigenvalue weighted by atomic mass is 16.3. The number of unbranched alkanes of at least 4 members (excludes halogenated alkanes) is 9. The van der Waals surface area contributed by atoms with Crippen molar-refractivity contribution in [1.82, 2.24) is 4.90 Å². The molecule has 0 unspecified atom stereocenters. The molecule has 2 aromatic rings. The Morgan fingerprint density at radius 3 is 1.52 bits per heavy atom. The second-order valence-corrected chi connectivity index (χ2v) is 9.15. The van der Waals surface area contributed by atoms with E-state index >= 15 is 0 Å². The smallest absolute Gasteiger partial charge is 0.0693 e. The third-order valence-corrected chi connectivity index (χ3v) is 6.44. The van der Waals surface area contributed by atoms with Crippen molar-refractivity contribution < 1.29 is 5.11 Å². The average molecular weight is 424 g/mol. The molecule has 2 heteroatoms. The van der Waals surface area contributed by atoms with Gasteiger partial charge in [-0.2, -0.15) is 0 Å². The highest BCUT2D eigenvalue weighted by Gasteiger charge is 2.22. The predicted molar refractivity (Wildman–Crippen MR) is 134 cm³/mol. The molecule has 1 N–H and O–H groups in total. The lowest BCUT2D eigenvalue weighted by atomic mass is 10.0. The van der Waals surface area contributed by atoms with Crippen LogP contribution in [0.5, 0.6) is 0 Å². The Kier molecular flexibility index (Phi) is 13.3. The molecule has 0 aliphatic heterocycles. The van der Waals surface area contributed by atoms with Crippen LogP contribution in [0.3, 0.4) is 0 Å². The second-order valence-electron chi connectivity index (χ2n) is 9.15. The van der Waals surface area contributed by atoms with E-state index in [1.165, 1.54) is 68.9 Å². The van der Waals surface area contributed by atoms with Gasteiger partial charge in [0.25, 0.3) is 0 Å². The molecule has 0 fully saturated rings. The maximum Gasteiger partial charge on any atom is 0.0693 e. The number of nitrogens with zero attached hydrogens (tertiary/aromatic N) is 1. The zero-order chi connectivity index (χ0) is 22.2. The molecule has 172 valence electrons. The molecule has 0 aliphatic carbocycles. The van der Waals surface area contributed by atoms with Gasteiger partial charge >= 0.3 is 0 Å². The molecule has 2 nitrogen and oxygen atoms in total. The molecule has 0 aliphatic rings. The van der Waals surface area contributed by atoms with Crippen molar-refractivity contribution in [1.29, 1.82) is 0 Å². The molecule has 31 heavy (non-hydrogen) atoms. The molecule has 2 atom stereocenters. The summed E-state index contributed by atoms with van der Waals surface area (Å²) in [5, 5.41) is 10.9. The number of hydrogen-bond donors (Lipinski definition) is 1. The van der Waals surface area contributed by atoms with E-state index in [1.807, 2.05) is 0 Å². The minimum absolute atomic E-state index is 0.138. The van der Waals surface area contributed by atoms with E-state index in [1.54, 1.807) is 0 Å². The quantitative estimate of drug-likeness (QED) is 0.263. The monoisotopic (exact) mass is 423 g/mol. The van der Waals surface area contributed by atoms with Gasteiger partial charge in [-0.25, -0.2) is 0 Å². The van der Waals surface area contributed by atoms with E-state index in [-0.39, 0.29) is 12.1 Å². The number of rotatable bonds is 17. The molecule has 0 aromatic heterocycles. The van der Waals surface area contributed by atoms with Crippen molar-refractivity contribution in [3.63, 3.8) is 0 Å². The van der Waals surface area contributed by atoms with Gasteiger partial charge < -0.3 is 5.11 Å².